The average Bonchev–Trinajstić information content (AvgIpc) is 2.67. The van der Waals surface area contributed by atoms with Crippen molar-refractivity contribution in [1.29, 1.82) is 0 Å². The SMILES string of the molecule is CC(C)(C)OC(=O)N1CC[C@@H](O[Si](C)(C)C(C)(C)C)[C@H]1CN. The molecule has 22 heavy (non-hydrogen) atoms. The summed E-state index contributed by atoms with van der Waals surface area (Å²) in [5, 5.41) is 0.144. The van der Waals surface area contributed by atoms with Gasteiger partial charge in [-0.1, -0.05) is 20.8 Å². The Hall–Kier alpha value is -0.593. The fraction of sp³-hybridized carbons (Fsp3) is 0.938. The first kappa shape index (κ1) is 19.5. The van der Waals surface area contributed by atoms with Crippen molar-refractivity contribution in [3.05, 3.63) is 0 Å². The van der Waals surface area contributed by atoms with E-state index in [-0.39, 0.29) is 23.3 Å². The first-order valence-electron chi connectivity index (χ1n) is 8.16. The minimum atomic E-state index is -1.87. The van der Waals surface area contributed by atoms with Gasteiger partial charge in [0.2, 0.25) is 0 Å². The van der Waals surface area contributed by atoms with Crippen molar-refractivity contribution in [1.82, 2.24) is 4.90 Å². The van der Waals surface area contributed by atoms with E-state index in [0.717, 1.165) is 6.42 Å². The number of amides is 1. The van der Waals surface area contributed by atoms with E-state index in [4.69, 9.17) is 14.9 Å². The molecule has 2 atom stereocenters. The van der Waals surface area contributed by atoms with Crippen LogP contribution in [0.1, 0.15) is 48.0 Å². The normalized spacial score (nSPS) is 23.8. The van der Waals surface area contributed by atoms with Gasteiger partial charge in [0.1, 0.15) is 5.60 Å². The van der Waals surface area contributed by atoms with Crippen LogP contribution in [0.4, 0.5) is 4.79 Å². The van der Waals surface area contributed by atoms with Crippen LogP contribution < -0.4 is 5.73 Å². The van der Waals surface area contributed by atoms with Crippen molar-refractivity contribution in [3.8, 4) is 0 Å². The zero-order valence-electron chi connectivity index (χ0n) is 15.5. The second-order valence-corrected chi connectivity index (χ2v) is 13.4. The number of hydrogen-bond donors (Lipinski definition) is 1. The lowest BCUT2D eigenvalue weighted by Crippen LogP contribution is -2.51. The molecule has 130 valence electrons. The van der Waals surface area contributed by atoms with Gasteiger partial charge in [0.05, 0.1) is 12.1 Å². The topological polar surface area (TPSA) is 64.8 Å². The van der Waals surface area contributed by atoms with Crippen LogP contribution in [0.3, 0.4) is 0 Å². The molecule has 1 aliphatic heterocycles. The number of nitrogens with zero attached hydrogens (tertiary/aromatic N) is 1. The molecule has 0 unspecified atom stereocenters. The Kier molecular flexibility index (Phi) is 5.74. The van der Waals surface area contributed by atoms with E-state index in [1.54, 1.807) is 4.90 Å². The smallest absolute Gasteiger partial charge is 0.410 e. The van der Waals surface area contributed by atoms with E-state index in [2.05, 4.69) is 33.9 Å². The fourth-order valence-corrected chi connectivity index (χ4v) is 3.73. The van der Waals surface area contributed by atoms with E-state index in [1.165, 1.54) is 0 Å². The van der Waals surface area contributed by atoms with Gasteiger partial charge in [0.15, 0.2) is 8.32 Å². The molecule has 1 saturated heterocycles. The maximum atomic E-state index is 12.3. The summed E-state index contributed by atoms with van der Waals surface area (Å²) in [5.74, 6) is 0. The number of carbonyl (C=O) groups is 1. The van der Waals surface area contributed by atoms with Crippen LogP contribution in [0.15, 0.2) is 0 Å². The molecule has 1 fully saturated rings. The van der Waals surface area contributed by atoms with Crippen molar-refractivity contribution < 1.29 is 14.0 Å². The Balaban J connectivity index is 2.80. The molecule has 1 heterocycles. The van der Waals surface area contributed by atoms with Crippen LogP contribution in [0.2, 0.25) is 18.1 Å². The van der Waals surface area contributed by atoms with E-state index in [0.29, 0.717) is 13.1 Å². The second kappa shape index (κ2) is 6.49. The van der Waals surface area contributed by atoms with E-state index >= 15 is 0 Å². The highest BCUT2D eigenvalue weighted by Gasteiger charge is 2.45. The highest BCUT2D eigenvalue weighted by Crippen LogP contribution is 2.39. The number of ether oxygens (including phenoxy) is 1. The van der Waals surface area contributed by atoms with Gasteiger partial charge < -0.3 is 19.8 Å². The average molecular weight is 331 g/mol. The molecule has 1 aliphatic rings. The van der Waals surface area contributed by atoms with E-state index < -0.39 is 13.9 Å². The van der Waals surface area contributed by atoms with Gasteiger partial charge in [-0.2, -0.15) is 0 Å². The molecule has 0 saturated carbocycles. The van der Waals surface area contributed by atoms with Crippen LogP contribution in [-0.4, -0.2) is 50.1 Å². The predicted molar refractivity (Wildman–Crippen MR) is 92.5 cm³/mol. The van der Waals surface area contributed by atoms with E-state index in [1.807, 2.05) is 20.8 Å². The maximum absolute atomic E-state index is 12.3. The minimum Gasteiger partial charge on any atom is -0.444 e. The lowest BCUT2D eigenvalue weighted by molar-refractivity contribution is 0.0174. The molecule has 0 aromatic rings. The molecule has 1 amide bonds. The summed E-state index contributed by atoms with van der Waals surface area (Å²) in [4.78, 5) is 14.1. The Morgan fingerprint density at radius 3 is 2.18 bits per heavy atom. The van der Waals surface area contributed by atoms with Crippen molar-refractivity contribution >= 4 is 14.4 Å². The van der Waals surface area contributed by atoms with Crippen molar-refractivity contribution in [2.24, 2.45) is 5.73 Å². The molecule has 0 spiro atoms. The summed E-state index contributed by atoms with van der Waals surface area (Å²) >= 11 is 0. The summed E-state index contributed by atoms with van der Waals surface area (Å²) in [7, 11) is -1.87. The molecule has 0 aromatic carbocycles. The fourth-order valence-electron chi connectivity index (χ4n) is 2.34. The quantitative estimate of drug-likeness (QED) is 0.806. The molecule has 0 aliphatic carbocycles. The number of rotatable bonds is 3. The molecule has 6 heteroatoms. The highest BCUT2D eigenvalue weighted by molar-refractivity contribution is 6.74. The molecule has 2 N–H and O–H groups in total. The lowest BCUT2D eigenvalue weighted by atomic mass is 10.2. The summed E-state index contributed by atoms with van der Waals surface area (Å²) < 4.78 is 12.0. The Labute approximate surface area is 136 Å². The molecule has 5 nitrogen and oxygen atoms in total. The number of nitrogens with two attached hydrogens (primary N) is 1. The van der Waals surface area contributed by atoms with Gasteiger partial charge in [-0.25, -0.2) is 4.79 Å². The number of hydrogen-bond acceptors (Lipinski definition) is 4. The van der Waals surface area contributed by atoms with Crippen LogP contribution in [-0.2, 0) is 9.16 Å². The summed E-state index contributed by atoms with van der Waals surface area (Å²) in [5.41, 5.74) is 5.44. The van der Waals surface area contributed by atoms with Crippen molar-refractivity contribution in [3.63, 3.8) is 0 Å². The summed E-state index contributed by atoms with van der Waals surface area (Å²) in [6.07, 6.45) is 0.552. The number of likely N-dealkylation sites (tertiary alicyclic amines) is 1. The third-order valence-electron chi connectivity index (χ3n) is 4.61. The van der Waals surface area contributed by atoms with Gasteiger partial charge in [0.25, 0.3) is 0 Å². The van der Waals surface area contributed by atoms with Crippen molar-refractivity contribution in [2.75, 3.05) is 13.1 Å². The Morgan fingerprint density at radius 1 is 1.23 bits per heavy atom. The Bertz CT molecular complexity index is 399. The van der Waals surface area contributed by atoms with Crippen LogP contribution in [0.25, 0.3) is 0 Å². The van der Waals surface area contributed by atoms with Gasteiger partial charge in [-0.15, -0.1) is 0 Å². The van der Waals surface area contributed by atoms with E-state index in [9.17, 15) is 4.79 Å². The zero-order valence-corrected chi connectivity index (χ0v) is 16.5. The molecule has 0 bridgehead atoms. The van der Waals surface area contributed by atoms with Gasteiger partial charge in [0, 0.05) is 13.1 Å². The zero-order chi connectivity index (χ0) is 17.3. The molecular formula is C16H34N2O3Si. The first-order chi connectivity index (χ1) is 9.78. The lowest BCUT2D eigenvalue weighted by Gasteiger charge is -2.40. The monoisotopic (exact) mass is 330 g/mol. The molecular weight excluding hydrogens is 296 g/mol. The second-order valence-electron chi connectivity index (χ2n) is 8.68. The van der Waals surface area contributed by atoms with Crippen LogP contribution in [0.5, 0.6) is 0 Å². The first-order valence-corrected chi connectivity index (χ1v) is 11.1. The molecule has 0 aromatic heterocycles. The largest absolute Gasteiger partial charge is 0.444 e. The van der Waals surface area contributed by atoms with Crippen LogP contribution in [0, 0.1) is 0 Å². The summed E-state index contributed by atoms with van der Waals surface area (Å²) in [6, 6.07) is -0.0935. The predicted octanol–water partition coefficient (Wildman–Crippen LogP) is 3.34. The number of carbonyl (C=O) groups excluding carboxylic acids is 1. The third kappa shape index (κ3) is 4.70. The van der Waals surface area contributed by atoms with Gasteiger partial charge >= 0.3 is 6.09 Å². The summed E-state index contributed by atoms with van der Waals surface area (Å²) in [6.45, 7) is 17.8. The van der Waals surface area contributed by atoms with Crippen LogP contribution >= 0.6 is 0 Å². The third-order valence-corrected chi connectivity index (χ3v) is 9.11. The standard InChI is InChI=1S/C16H34N2O3Si/c1-15(2,3)20-14(19)18-10-9-13(12(18)11-17)21-22(7,8)16(4,5)6/h12-13H,9-11,17H2,1-8H3/t12-,13-/m1/s1. The van der Waals surface area contributed by atoms with Crippen molar-refractivity contribution in [2.45, 2.75) is 83.8 Å². The minimum absolute atomic E-state index is 0.0124. The molecule has 0 radical (unpaired) electrons. The molecule has 1 rings (SSSR count). The van der Waals surface area contributed by atoms with Gasteiger partial charge in [-0.3, -0.25) is 0 Å². The van der Waals surface area contributed by atoms with Gasteiger partial charge in [-0.05, 0) is 45.3 Å². The maximum Gasteiger partial charge on any atom is 0.410 e. The Morgan fingerprint density at radius 2 is 1.77 bits per heavy atom. The highest BCUT2D eigenvalue weighted by atomic mass is 28.4.